The number of carbonyl (C=O) groups is 1. The minimum absolute atomic E-state index is 0.229. The van der Waals surface area contributed by atoms with Crippen molar-refractivity contribution in [3.8, 4) is 0 Å². The van der Waals surface area contributed by atoms with Crippen LogP contribution in [0.25, 0.3) is 0 Å². The van der Waals surface area contributed by atoms with Crippen LogP contribution in [-0.2, 0) is 11.2 Å². The number of likely N-dealkylation sites (tertiary alicyclic amines) is 2. The van der Waals surface area contributed by atoms with Gasteiger partial charge in [0, 0.05) is 26.2 Å². The first-order chi connectivity index (χ1) is 10.7. The van der Waals surface area contributed by atoms with Crippen LogP contribution in [0.1, 0.15) is 24.8 Å². The number of carbonyl (C=O) groups excluding carboxylic acids is 1. The van der Waals surface area contributed by atoms with Crippen molar-refractivity contribution in [1.82, 2.24) is 9.80 Å². The lowest BCUT2D eigenvalue weighted by Gasteiger charge is -2.33. The van der Waals surface area contributed by atoms with E-state index < -0.39 is 0 Å². The maximum absolute atomic E-state index is 12.3. The van der Waals surface area contributed by atoms with Crippen molar-refractivity contribution in [1.29, 1.82) is 0 Å². The van der Waals surface area contributed by atoms with Crippen molar-refractivity contribution in [2.45, 2.75) is 31.8 Å². The van der Waals surface area contributed by atoms with Crippen LogP contribution in [0.5, 0.6) is 0 Å². The molecule has 120 valence electrons. The molecule has 2 aliphatic heterocycles. The average molecular weight is 302 g/mol. The molecule has 0 radical (unpaired) electrons. The first-order valence-corrected chi connectivity index (χ1v) is 8.43. The Hall–Kier alpha value is -1.39. The zero-order valence-corrected chi connectivity index (χ0v) is 13.2. The lowest BCUT2D eigenvalue weighted by atomic mass is 9.90. The Kier molecular flexibility index (Phi) is 5.11. The highest BCUT2D eigenvalue weighted by Gasteiger charge is 2.27. The van der Waals surface area contributed by atoms with Crippen LogP contribution in [-0.4, -0.2) is 59.6 Å². The molecule has 4 heteroatoms. The van der Waals surface area contributed by atoms with E-state index in [2.05, 4.69) is 35.2 Å². The Bertz CT molecular complexity index is 483. The summed E-state index contributed by atoms with van der Waals surface area (Å²) in [5.41, 5.74) is 1.40. The van der Waals surface area contributed by atoms with Gasteiger partial charge in [-0.05, 0) is 37.2 Å². The van der Waals surface area contributed by atoms with Crippen molar-refractivity contribution in [3.63, 3.8) is 0 Å². The van der Waals surface area contributed by atoms with E-state index in [-0.39, 0.29) is 12.0 Å². The molecule has 1 aromatic carbocycles. The minimum Gasteiger partial charge on any atom is -0.392 e. The molecule has 2 aliphatic rings. The van der Waals surface area contributed by atoms with Gasteiger partial charge in [0.15, 0.2) is 0 Å². The summed E-state index contributed by atoms with van der Waals surface area (Å²) in [7, 11) is 0. The molecule has 0 spiro atoms. The molecular formula is C18H26N2O2. The number of aliphatic hydroxyl groups is 1. The molecule has 1 aromatic rings. The summed E-state index contributed by atoms with van der Waals surface area (Å²) in [6.45, 7) is 3.73. The number of hydrogen-bond acceptors (Lipinski definition) is 3. The van der Waals surface area contributed by atoms with Crippen LogP contribution >= 0.6 is 0 Å². The fourth-order valence-corrected chi connectivity index (χ4v) is 3.58. The fourth-order valence-electron chi connectivity index (χ4n) is 3.58. The second-order valence-corrected chi connectivity index (χ2v) is 6.69. The second-order valence-electron chi connectivity index (χ2n) is 6.69. The zero-order valence-electron chi connectivity index (χ0n) is 13.2. The Balaban J connectivity index is 1.42. The molecule has 0 bridgehead atoms. The van der Waals surface area contributed by atoms with Gasteiger partial charge in [0.25, 0.3) is 0 Å². The number of benzene rings is 1. The third-order valence-corrected chi connectivity index (χ3v) is 4.94. The zero-order chi connectivity index (χ0) is 15.4. The average Bonchev–Trinajstić information content (AvgIpc) is 2.94. The van der Waals surface area contributed by atoms with E-state index in [9.17, 15) is 9.90 Å². The van der Waals surface area contributed by atoms with E-state index in [0.717, 1.165) is 45.3 Å². The minimum atomic E-state index is -0.246. The van der Waals surface area contributed by atoms with Crippen LogP contribution in [0.4, 0.5) is 0 Å². The highest BCUT2D eigenvalue weighted by atomic mass is 16.3. The Morgan fingerprint density at radius 3 is 2.45 bits per heavy atom. The van der Waals surface area contributed by atoms with Crippen molar-refractivity contribution in [3.05, 3.63) is 35.9 Å². The normalized spacial score (nSPS) is 23.9. The van der Waals surface area contributed by atoms with Crippen molar-refractivity contribution in [2.24, 2.45) is 5.92 Å². The molecule has 0 unspecified atom stereocenters. The van der Waals surface area contributed by atoms with Crippen molar-refractivity contribution < 1.29 is 9.90 Å². The van der Waals surface area contributed by atoms with Gasteiger partial charge in [-0.15, -0.1) is 0 Å². The molecule has 1 amide bonds. The molecule has 2 saturated heterocycles. The van der Waals surface area contributed by atoms with E-state index in [0.29, 0.717) is 19.0 Å². The predicted octanol–water partition coefficient (Wildman–Crippen LogP) is 1.53. The summed E-state index contributed by atoms with van der Waals surface area (Å²) >= 11 is 0. The lowest BCUT2D eigenvalue weighted by Crippen LogP contribution is -2.44. The van der Waals surface area contributed by atoms with E-state index in [1.807, 2.05) is 4.90 Å². The van der Waals surface area contributed by atoms with E-state index in [1.165, 1.54) is 5.56 Å². The van der Waals surface area contributed by atoms with E-state index in [1.54, 1.807) is 0 Å². The smallest absolute Gasteiger partial charge is 0.236 e. The molecule has 0 aromatic heterocycles. The van der Waals surface area contributed by atoms with Crippen LogP contribution < -0.4 is 0 Å². The largest absolute Gasteiger partial charge is 0.392 e. The molecule has 1 atom stereocenters. The van der Waals surface area contributed by atoms with E-state index >= 15 is 0 Å². The van der Waals surface area contributed by atoms with Gasteiger partial charge >= 0.3 is 0 Å². The van der Waals surface area contributed by atoms with Crippen molar-refractivity contribution in [2.75, 3.05) is 32.7 Å². The lowest BCUT2D eigenvalue weighted by molar-refractivity contribution is -0.133. The maximum atomic E-state index is 12.3. The molecule has 3 rings (SSSR count). The van der Waals surface area contributed by atoms with Gasteiger partial charge in [0.1, 0.15) is 0 Å². The highest BCUT2D eigenvalue weighted by Crippen LogP contribution is 2.22. The quantitative estimate of drug-likeness (QED) is 0.917. The van der Waals surface area contributed by atoms with Crippen LogP contribution in [0.3, 0.4) is 0 Å². The van der Waals surface area contributed by atoms with Gasteiger partial charge in [-0.3, -0.25) is 9.69 Å². The number of piperidine rings is 1. The Morgan fingerprint density at radius 1 is 1.09 bits per heavy atom. The highest BCUT2D eigenvalue weighted by molar-refractivity contribution is 5.78. The van der Waals surface area contributed by atoms with Crippen molar-refractivity contribution >= 4 is 5.91 Å². The topological polar surface area (TPSA) is 43.8 Å². The number of amides is 1. The first kappa shape index (κ1) is 15.5. The van der Waals surface area contributed by atoms with Gasteiger partial charge in [-0.1, -0.05) is 30.3 Å². The molecule has 0 aliphatic carbocycles. The molecule has 2 fully saturated rings. The van der Waals surface area contributed by atoms with Gasteiger partial charge in [-0.2, -0.15) is 0 Å². The number of hydrogen-bond donors (Lipinski definition) is 1. The maximum Gasteiger partial charge on any atom is 0.236 e. The third kappa shape index (κ3) is 4.08. The molecular weight excluding hydrogens is 276 g/mol. The molecule has 0 saturated carbocycles. The monoisotopic (exact) mass is 302 g/mol. The summed E-state index contributed by atoms with van der Waals surface area (Å²) in [5.74, 6) is 0.923. The molecule has 2 heterocycles. The summed E-state index contributed by atoms with van der Waals surface area (Å²) in [6, 6.07) is 10.6. The molecule has 22 heavy (non-hydrogen) atoms. The Labute approximate surface area is 132 Å². The fraction of sp³-hybridized carbons (Fsp3) is 0.611. The number of nitrogens with zero attached hydrogens (tertiary/aromatic N) is 2. The molecule has 4 nitrogen and oxygen atoms in total. The third-order valence-electron chi connectivity index (χ3n) is 4.94. The van der Waals surface area contributed by atoms with Crippen LogP contribution in [0, 0.1) is 5.92 Å². The number of β-amino-alcohol motifs (C(OH)–C–C–N with tert-alkyl or cyclic N) is 1. The van der Waals surface area contributed by atoms with Gasteiger partial charge in [0.2, 0.25) is 5.91 Å². The summed E-state index contributed by atoms with van der Waals surface area (Å²) in [6.07, 6.45) is 3.88. The second kappa shape index (κ2) is 7.25. The van der Waals surface area contributed by atoms with E-state index in [4.69, 9.17) is 0 Å². The predicted molar refractivity (Wildman–Crippen MR) is 86.5 cm³/mol. The first-order valence-electron chi connectivity index (χ1n) is 8.43. The van der Waals surface area contributed by atoms with Gasteiger partial charge < -0.3 is 10.0 Å². The number of aliphatic hydroxyl groups excluding tert-OH is 1. The number of rotatable bonds is 4. The summed E-state index contributed by atoms with van der Waals surface area (Å²) in [5, 5.41) is 9.53. The SMILES string of the molecule is O=C(CN1CC[C@H](O)C1)N1CCC(Cc2ccccc2)CC1. The van der Waals surface area contributed by atoms with Crippen LogP contribution in [0.2, 0.25) is 0 Å². The summed E-state index contributed by atoms with van der Waals surface area (Å²) < 4.78 is 0. The Morgan fingerprint density at radius 2 is 1.82 bits per heavy atom. The van der Waals surface area contributed by atoms with Gasteiger partial charge in [0.05, 0.1) is 12.6 Å². The van der Waals surface area contributed by atoms with Gasteiger partial charge in [-0.25, -0.2) is 0 Å². The summed E-state index contributed by atoms with van der Waals surface area (Å²) in [4.78, 5) is 16.4. The van der Waals surface area contributed by atoms with Crippen LogP contribution in [0.15, 0.2) is 30.3 Å². The standard InChI is InChI=1S/C18H26N2O2/c21-17-8-9-19(13-17)14-18(22)20-10-6-16(7-11-20)12-15-4-2-1-3-5-15/h1-5,16-17,21H,6-14H2/t17-/m0/s1. The molecule has 1 N–H and O–H groups in total.